The summed E-state index contributed by atoms with van der Waals surface area (Å²) in [4.78, 5) is 0. The van der Waals surface area contributed by atoms with Crippen molar-refractivity contribution >= 4 is 18.9 Å². The molecule has 0 radical (unpaired) electrons. The second-order valence-corrected chi connectivity index (χ2v) is 7.20. The number of benzene rings is 1. The molecule has 1 unspecified atom stereocenters. The van der Waals surface area contributed by atoms with Crippen molar-refractivity contribution < 1.29 is 4.52 Å². The van der Waals surface area contributed by atoms with Crippen LogP contribution in [0.2, 0.25) is 0 Å². The van der Waals surface area contributed by atoms with Crippen molar-refractivity contribution in [2.45, 2.75) is 37.3 Å². The maximum atomic E-state index is 6.42. The van der Waals surface area contributed by atoms with Gasteiger partial charge in [0.1, 0.15) is 5.60 Å². The average molecular weight is 268 g/mol. The number of nitrogens with zero attached hydrogens (tertiary/aromatic N) is 1. The number of halogens is 1. The fourth-order valence-corrected chi connectivity index (χ4v) is 6.13. The van der Waals surface area contributed by atoms with Gasteiger partial charge in [0, 0.05) is 6.54 Å². The normalized spacial score (nSPS) is 39.8. The van der Waals surface area contributed by atoms with E-state index < -0.39 is 7.65 Å². The standard InChI is InChI=1S/C13H15ClNOP/c14-17-15-9-3-6-12(15)13(16-17)8-7-10-4-1-2-5-11(10)13/h1-2,4-5,12H,3,6-9H2/t12-,13-,17?/m0/s1. The Morgan fingerprint density at radius 1 is 1.41 bits per heavy atom. The van der Waals surface area contributed by atoms with Crippen LogP contribution in [0.5, 0.6) is 0 Å². The molecule has 0 saturated carbocycles. The minimum absolute atomic E-state index is 0.0828. The van der Waals surface area contributed by atoms with Crippen molar-refractivity contribution in [1.82, 2.24) is 4.67 Å². The lowest BCUT2D eigenvalue weighted by molar-refractivity contribution is 0.0697. The molecule has 2 nitrogen and oxygen atoms in total. The number of hydrogen-bond donors (Lipinski definition) is 0. The quantitative estimate of drug-likeness (QED) is 0.663. The summed E-state index contributed by atoms with van der Waals surface area (Å²) in [6.45, 7) is 1.11. The Kier molecular flexibility index (Phi) is 2.33. The topological polar surface area (TPSA) is 12.5 Å². The highest BCUT2D eigenvalue weighted by molar-refractivity contribution is 7.78. The predicted octanol–water partition coefficient (Wildman–Crippen LogP) is 3.79. The number of rotatable bonds is 0. The molecule has 1 aromatic rings. The summed E-state index contributed by atoms with van der Waals surface area (Å²) in [5.41, 5.74) is 2.78. The summed E-state index contributed by atoms with van der Waals surface area (Å²) in [6.07, 6.45) is 4.75. The van der Waals surface area contributed by atoms with Crippen LogP contribution in [0.15, 0.2) is 24.3 Å². The van der Waals surface area contributed by atoms with Gasteiger partial charge in [-0.25, -0.2) is 4.67 Å². The number of aryl methyl sites for hydroxylation is 1. The minimum atomic E-state index is -0.884. The van der Waals surface area contributed by atoms with Crippen molar-refractivity contribution in [3.63, 3.8) is 0 Å². The average Bonchev–Trinajstić information content (AvgIpc) is 2.99. The molecule has 17 heavy (non-hydrogen) atoms. The van der Waals surface area contributed by atoms with Gasteiger partial charge < -0.3 is 4.52 Å². The summed E-state index contributed by atoms with van der Waals surface area (Å²) in [5.74, 6) is 0. The van der Waals surface area contributed by atoms with Gasteiger partial charge in [-0.1, -0.05) is 24.3 Å². The van der Waals surface area contributed by atoms with Crippen molar-refractivity contribution in [2.75, 3.05) is 6.54 Å². The molecule has 2 saturated heterocycles. The van der Waals surface area contributed by atoms with Crippen molar-refractivity contribution in [1.29, 1.82) is 0 Å². The molecule has 3 atom stereocenters. The monoisotopic (exact) mass is 267 g/mol. The molecule has 0 N–H and O–H groups in total. The molecule has 2 aliphatic heterocycles. The minimum Gasteiger partial charge on any atom is -0.318 e. The lowest BCUT2D eigenvalue weighted by Crippen LogP contribution is -2.37. The molecule has 2 fully saturated rings. The molecular weight excluding hydrogens is 253 g/mol. The van der Waals surface area contributed by atoms with E-state index >= 15 is 0 Å². The maximum absolute atomic E-state index is 6.42. The first-order valence-corrected chi connectivity index (χ1v) is 8.43. The molecule has 1 aliphatic carbocycles. The van der Waals surface area contributed by atoms with E-state index in [1.807, 2.05) is 0 Å². The third-order valence-corrected chi connectivity index (χ3v) is 6.59. The van der Waals surface area contributed by atoms with Crippen molar-refractivity contribution in [2.24, 2.45) is 0 Å². The van der Waals surface area contributed by atoms with Crippen LogP contribution in [-0.2, 0) is 16.5 Å². The summed E-state index contributed by atoms with van der Waals surface area (Å²) in [6, 6.07) is 9.26. The summed E-state index contributed by atoms with van der Waals surface area (Å²) in [5, 5.41) is 0. The Morgan fingerprint density at radius 3 is 3.24 bits per heavy atom. The van der Waals surface area contributed by atoms with Crippen molar-refractivity contribution in [3.8, 4) is 0 Å². The zero-order chi connectivity index (χ0) is 11.5. The molecule has 0 aromatic heterocycles. The summed E-state index contributed by atoms with van der Waals surface area (Å²) in [7, 11) is -0.884. The highest BCUT2D eigenvalue weighted by Gasteiger charge is 2.58. The van der Waals surface area contributed by atoms with E-state index in [4.69, 9.17) is 15.8 Å². The third kappa shape index (κ3) is 1.33. The Balaban J connectivity index is 1.84. The molecule has 1 aromatic carbocycles. The van der Waals surface area contributed by atoms with Crippen LogP contribution in [0, 0.1) is 0 Å². The highest BCUT2D eigenvalue weighted by Crippen LogP contribution is 2.67. The van der Waals surface area contributed by atoms with E-state index in [-0.39, 0.29) is 5.60 Å². The van der Waals surface area contributed by atoms with E-state index in [0.717, 1.165) is 19.4 Å². The summed E-state index contributed by atoms with van der Waals surface area (Å²) >= 11 is 6.42. The molecule has 4 heteroatoms. The molecule has 4 rings (SSSR count). The van der Waals surface area contributed by atoms with Crippen LogP contribution >= 0.6 is 18.9 Å². The van der Waals surface area contributed by atoms with Crippen LogP contribution in [0.25, 0.3) is 0 Å². The Morgan fingerprint density at radius 2 is 2.29 bits per heavy atom. The van der Waals surface area contributed by atoms with Gasteiger partial charge in [-0.15, -0.1) is 0 Å². The van der Waals surface area contributed by atoms with E-state index in [1.165, 1.54) is 24.0 Å². The fourth-order valence-electron chi connectivity index (χ4n) is 3.71. The van der Waals surface area contributed by atoms with Crippen molar-refractivity contribution in [3.05, 3.63) is 35.4 Å². The smallest absolute Gasteiger partial charge is 0.208 e. The van der Waals surface area contributed by atoms with E-state index in [2.05, 4.69) is 28.9 Å². The predicted molar refractivity (Wildman–Crippen MR) is 70.0 cm³/mol. The molecule has 0 amide bonds. The molecule has 0 bridgehead atoms. The lowest BCUT2D eigenvalue weighted by atomic mass is 9.87. The number of fused-ring (bicyclic) bond motifs is 4. The Labute approximate surface area is 108 Å². The van der Waals surface area contributed by atoms with E-state index in [1.54, 1.807) is 0 Å². The zero-order valence-electron chi connectivity index (χ0n) is 9.60. The fraction of sp³-hybridized carbons (Fsp3) is 0.538. The van der Waals surface area contributed by atoms with Gasteiger partial charge in [-0.2, -0.15) is 0 Å². The van der Waals surface area contributed by atoms with E-state index in [9.17, 15) is 0 Å². The van der Waals surface area contributed by atoms with Gasteiger partial charge in [0.15, 0.2) is 0 Å². The second-order valence-electron chi connectivity index (χ2n) is 5.19. The summed E-state index contributed by atoms with van der Waals surface area (Å²) < 4.78 is 8.66. The van der Waals surface area contributed by atoms with Gasteiger partial charge in [0.05, 0.1) is 6.04 Å². The largest absolute Gasteiger partial charge is 0.318 e. The second kappa shape index (κ2) is 3.68. The van der Waals surface area contributed by atoms with Crippen LogP contribution in [0.4, 0.5) is 0 Å². The van der Waals surface area contributed by atoms with Gasteiger partial charge in [-0.3, -0.25) is 0 Å². The SMILES string of the molecule is ClP1O[C@]2(CCc3ccccc32)[C@@H]2CCCN21. The van der Waals surface area contributed by atoms with Gasteiger partial charge >= 0.3 is 0 Å². The first-order valence-electron chi connectivity index (χ1n) is 6.31. The first kappa shape index (κ1) is 10.8. The van der Waals surface area contributed by atoms with E-state index in [0.29, 0.717) is 6.04 Å². The number of hydrogen-bond acceptors (Lipinski definition) is 2. The molecule has 90 valence electrons. The van der Waals surface area contributed by atoms with Crippen LogP contribution in [0.1, 0.15) is 30.4 Å². The van der Waals surface area contributed by atoms with Gasteiger partial charge in [0.25, 0.3) is 0 Å². The lowest BCUT2D eigenvalue weighted by Gasteiger charge is -2.29. The van der Waals surface area contributed by atoms with Crippen LogP contribution < -0.4 is 0 Å². The molecular formula is C13H15ClNOP. The molecule has 3 aliphatic rings. The van der Waals surface area contributed by atoms with Crippen LogP contribution in [-0.4, -0.2) is 17.3 Å². The van der Waals surface area contributed by atoms with Gasteiger partial charge in [0.2, 0.25) is 7.65 Å². The van der Waals surface area contributed by atoms with Gasteiger partial charge in [-0.05, 0) is 48.1 Å². The first-order chi connectivity index (χ1) is 8.31. The maximum Gasteiger partial charge on any atom is 0.208 e. The molecule has 2 heterocycles. The van der Waals surface area contributed by atoms with Crippen LogP contribution in [0.3, 0.4) is 0 Å². The Bertz CT molecular complexity index is 468. The highest BCUT2D eigenvalue weighted by atomic mass is 35.7. The zero-order valence-corrected chi connectivity index (χ0v) is 11.3. The third-order valence-electron chi connectivity index (χ3n) is 4.44. The molecule has 1 spiro atoms. The Hall–Kier alpha value is -0.140.